The molecule has 0 atom stereocenters. The van der Waals surface area contributed by atoms with Crippen LogP contribution in [0.1, 0.15) is 18.4 Å². The van der Waals surface area contributed by atoms with Crippen molar-refractivity contribution in [2.45, 2.75) is 12.8 Å². The molecule has 0 aliphatic heterocycles. The van der Waals surface area contributed by atoms with Crippen molar-refractivity contribution in [3.8, 4) is 6.07 Å². The van der Waals surface area contributed by atoms with Crippen molar-refractivity contribution < 1.29 is 0 Å². The summed E-state index contributed by atoms with van der Waals surface area (Å²) in [5.41, 5.74) is 1.19. The number of nitrogens with zero attached hydrogens (tertiary/aromatic N) is 1. The van der Waals surface area contributed by atoms with Gasteiger partial charge in [-0.05, 0) is 12.0 Å². The van der Waals surface area contributed by atoms with Crippen LogP contribution in [-0.2, 0) is 0 Å². The van der Waals surface area contributed by atoms with Crippen molar-refractivity contribution in [1.29, 1.82) is 5.26 Å². The van der Waals surface area contributed by atoms with Gasteiger partial charge in [-0.3, -0.25) is 0 Å². The van der Waals surface area contributed by atoms with E-state index in [0.29, 0.717) is 6.42 Å². The molecule has 0 saturated carbocycles. The minimum absolute atomic E-state index is 0.593. The fourth-order valence-corrected chi connectivity index (χ4v) is 1.05. The summed E-state index contributed by atoms with van der Waals surface area (Å²) in [5.74, 6) is 0. The second-order valence-electron chi connectivity index (χ2n) is 2.89. The Morgan fingerprint density at radius 2 is 1.93 bits per heavy atom. The number of benzene rings is 1. The summed E-state index contributed by atoms with van der Waals surface area (Å²) < 4.78 is 0. The van der Waals surface area contributed by atoms with Gasteiger partial charge in [-0.1, -0.05) is 54.6 Å². The van der Waals surface area contributed by atoms with E-state index in [-0.39, 0.29) is 0 Å². The number of nitriles is 1. The Balaban J connectivity index is 2.35. The first-order valence-electron chi connectivity index (χ1n) is 4.68. The van der Waals surface area contributed by atoms with Gasteiger partial charge in [-0.2, -0.15) is 5.26 Å². The molecule has 0 radical (unpaired) electrons. The van der Waals surface area contributed by atoms with Crippen LogP contribution < -0.4 is 0 Å². The van der Waals surface area contributed by atoms with E-state index in [9.17, 15) is 0 Å². The molecule has 0 aliphatic carbocycles. The van der Waals surface area contributed by atoms with Gasteiger partial charge in [0.25, 0.3) is 0 Å². The SMILES string of the molecule is N#[11C]CC/C=C\C=C\c1ccccc1. The predicted octanol–water partition coefficient (Wildman–Crippen LogP) is 3.56. The number of unbranched alkanes of at least 4 members (excludes halogenated alkanes) is 1. The second-order valence-corrected chi connectivity index (χ2v) is 2.89. The van der Waals surface area contributed by atoms with Gasteiger partial charge in [-0.25, -0.2) is 0 Å². The fourth-order valence-electron chi connectivity index (χ4n) is 1.05. The molecule has 0 fully saturated rings. The molecular weight excluding hydrogens is 169 g/mol. The molecule has 0 N–H and O–H groups in total. The molecule has 1 nitrogen and oxygen atoms in total. The summed E-state index contributed by atoms with van der Waals surface area (Å²) in [5, 5.41) is 8.30. The van der Waals surface area contributed by atoms with Gasteiger partial charge in [0.1, 0.15) is 0 Å². The van der Waals surface area contributed by atoms with Gasteiger partial charge in [0, 0.05) is 6.42 Å². The predicted molar refractivity (Wildman–Crippen MR) is 59.5 cm³/mol. The van der Waals surface area contributed by atoms with Crippen LogP contribution in [0, 0.1) is 11.3 Å². The molecule has 0 unspecified atom stereocenters. The number of allylic oxidation sites excluding steroid dienone is 3. The van der Waals surface area contributed by atoms with Gasteiger partial charge < -0.3 is 0 Å². The van der Waals surface area contributed by atoms with Crippen LogP contribution in [0.15, 0.2) is 48.6 Å². The molecule has 0 aromatic heterocycles. The third-order valence-corrected chi connectivity index (χ3v) is 1.76. The zero-order valence-electron chi connectivity index (χ0n) is 8.06. The molecule has 0 heterocycles. The molecule has 1 heteroatoms. The maximum atomic E-state index is 8.30. The maximum absolute atomic E-state index is 8.30. The maximum Gasteiger partial charge on any atom is 0.0625 e. The highest BCUT2D eigenvalue weighted by molar-refractivity contribution is 5.50. The lowest BCUT2D eigenvalue weighted by molar-refractivity contribution is 1.06. The molecule has 0 bridgehead atoms. The summed E-state index contributed by atoms with van der Waals surface area (Å²) in [6, 6.07) is 12.2. The van der Waals surface area contributed by atoms with Gasteiger partial charge in [0.15, 0.2) is 0 Å². The van der Waals surface area contributed by atoms with Crippen molar-refractivity contribution in [1.82, 2.24) is 0 Å². The van der Waals surface area contributed by atoms with Crippen molar-refractivity contribution in [2.75, 3.05) is 0 Å². The Hall–Kier alpha value is -1.81. The average Bonchev–Trinajstić information content (AvgIpc) is 2.25. The van der Waals surface area contributed by atoms with Crippen LogP contribution in [0.2, 0.25) is 0 Å². The van der Waals surface area contributed by atoms with Gasteiger partial charge in [0.2, 0.25) is 0 Å². The molecule has 14 heavy (non-hydrogen) atoms. The van der Waals surface area contributed by atoms with Gasteiger partial charge >= 0.3 is 0 Å². The molecule has 1 aromatic rings. The Bertz CT molecular complexity index is 341. The van der Waals surface area contributed by atoms with Crippen LogP contribution in [0.25, 0.3) is 6.08 Å². The molecule has 1 aromatic carbocycles. The number of rotatable bonds is 4. The third-order valence-electron chi connectivity index (χ3n) is 1.76. The molecule has 0 aliphatic rings. The number of hydrogen-bond donors (Lipinski definition) is 0. The van der Waals surface area contributed by atoms with Crippen LogP contribution in [0.4, 0.5) is 0 Å². The first kappa shape index (κ1) is 10.3. The Kier molecular flexibility index (Phi) is 4.90. The van der Waals surface area contributed by atoms with Crippen LogP contribution >= 0.6 is 0 Å². The normalized spacial score (nSPS) is 10.8. The van der Waals surface area contributed by atoms with E-state index in [1.54, 1.807) is 0 Å². The second kappa shape index (κ2) is 6.68. The summed E-state index contributed by atoms with van der Waals surface area (Å²) in [6.07, 6.45) is 9.44. The van der Waals surface area contributed by atoms with Crippen LogP contribution in [0.5, 0.6) is 0 Å². The Morgan fingerprint density at radius 3 is 2.64 bits per heavy atom. The van der Waals surface area contributed by atoms with E-state index >= 15 is 0 Å². The number of hydrogen-bond acceptors (Lipinski definition) is 1. The first-order valence-corrected chi connectivity index (χ1v) is 4.68. The van der Waals surface area contributed by atoms with Crippen molar-refractivity contribution in [3.05, 3.63) is 54.1 Å². The van der Waals surface area contributed by atoms with Crippen molar-refractivity contribution >= 4 is 6.08 Å². The Morgan fingerprint density at radius 1 is 1.14 bits per heavy atom. The lowest BCUT2D eigenvalue weighted by atomic mass is 10.1. The topological polar surface area (TPSA) is 23.8 Å². The molecule has 0 spiro atoms. The third kappa shape index (κ3) is 4.27. The first-order chi connectivity index (χ1) is 6.93. The quantitative estimate of drug-likeness (QED) is 0.516. The monoisotopic (exact) mass is 182 g/mol. The summed E-state index contributed by atoms with van der Waals surface area (Å²) in [6.45, 7) is 0. The van der Waals surface area contributed by atoms with E-state index in [1.165, 1.54) is 5.56 Å². The van der Waals surface area contributed by atoms with E-state index < -0.39 is 0 Å². The lowest BCUT2D eigenvalue weighted by Crippen LogP contribution is -1.67. The highest BCUT2D eigenvalue weighted by atomic mass is 14.1. The minimum atomic E-state index is 0.593. The van der Waals surface area contributed by atoms with E-state index in [2.05, 4.69) is 18.2 Å². The highest BCUT2D eigenvalue weighted by Gasteiger charge is 1.79. The van der Waals surface area contributed by atoms with Crippen LogP contribution in [0.3, 0.4) is 0 Å². The fraction of sp³-hybridized carbons (Fsp3) is 0.154. The van der Waals surface area contributed by atoms with Crippen molar-refractivity contribution in [2.24, 2.45) is 0 Å². The van der Waals surface area contributed by atoms with E-state index in [4.69, 9.17) is 5.26 Å². The van der Waals surface area contributed by atoms with Gasteiger partial charge in [-0.15, -0.1) is 0 Å². The molecule has 0 amide bonds. The smallest absolute Gasteiger partial charge is 0.0625 e. The Labute approximate surface area is 85.0 Å². The van der Waals surface area contributed by atoms with Gasteiger partial charge in [0.05, 0.1) is 6.07 Å². The summed E-state index contributed by atoms with van der Waals surface area (Å²) >= 11 is 0. The van der Waals surface area contributed by atoms with E-state index in [1.807, 2.05) is 42.5 Å². The molecule has 0 saturated heterocycles. The zero-order chi connectivity index (χ0) is 10.1. The lowest BCUT2D eigenvalue weighted by Gasteiger charge is -1.88. The largest absolute Gasteiger partial charge is 0.198 e. The highest BCUT2D eigenvalue weighted by Crippen LogP contribution is 2.01. The van der Waals surface area contributed by atoms with E-state index in [0.717, 1.165) is 6.42 Å². The van der Waals surface area contributed by atoms with Crippen LogP contribution in [-0.4, -0.2) is 0 Å². The molecule has 1 rings (SSSR count). The summed E-state index contributed by atoms with van der Waals surface area (Å²) in [7, 11) is 0. The average molecular weight is 182 g/mol. The molecular formula is C13H13N. The molecule has 70 valence electrons. The standard InChI is InChI=1S/C13H13N/c14-12-8-3-1-2-5-9-13-10-6-4-7-11-13/h1-2,4-7,9-11H,3,8H2/b2-1-,9-5+/i12-1. The zero-order valence-corrected chi connectivity index (χ0v) is 8.06. The summed E-state index contributed by atoms with van der Waals surface area (Å²) in [4.78, 5) is 0. The van der Waals surface area contributed by atoms with Crippen molar-refractivity contribution in [3.63, 3.8) is 0 Å². The minimum Gasteiger partial charge on any atom is -0.198 e.